The first-order valence-electron chi connectivity index (χ1n) is 11.1. The Morgan fingerprint density at radius 1 is 1.06 bits per heavy atom. The molecule has 3 aromatic heterocycles. The number of nitrogens with zero attached hydrogens (tertiary/aromatic N) is 4. The molecule has 0 bridgehead atoms. The standard InChI is InChI=1S/C25H20N6O3S/c26-20(32)11-14-13-35-25(27-14)29-21(33)12-31-19-8-4-2-5-15(19)16-9-10-30-23(22(16)31)28-18-7-3-1-6-17(18)24(30)34/h1-8,13H,9-12H2,(H2,26,32)(H,27,29,33). The van der Waals surface area contributed by atoms with Crippen molar-refractivity contribution in [3.63, 3.8) is 0 Å². The minimum atomic E-state index is -0.479. The molecule has 0 unspecified atom stereocenters. The Balaban J connectivity index is 1.44. The van der Waals surface area contributed by atoms with Crippen molar-refractivity contribution in [2.45, 2.75) is 25.9 Å². The topological polar surface area (TPSA) is 125 Å². The van der Waals surface area contributed by atoms with Crippen LogP contribution in [0.2, 0.25) is 0 Å². The van der Waals surface area contributed by atoms with Crippen molar-refractivity contribution in [3.05, 3.63) is 75.5 Å². The van der Waals surface area contributed by atoms with E-state index in [4.69, 9.17) is 10.7 Å². The molecule has 5 aromatic rings. The molecular formula is C25H20N6O3S. The van der Waals surface area contributed by atoms with Crippen LogP contribution in [0, 0.1) is 0 Å². The normalized spacial score (nSPS) is 12.5. The van der Waals surface area contributed by atoms with Crippen LogP contribution in [-0.2, 0) is 35.5 Å². The number of thiazole rings is 1. The summed E-state index contributed by atoms with van der Waals surface area (Å²) in [6.45, 7) is 0.546. The fourth-order valence-electron chi connectivity index (χ4n) is 4.75. The number of aromatic nitrogens is 4. The Kier molecular flexibility index (Phi) is 4.96. The third kappa shape index (κ3) is 3.58. The average Bonchev–Trinajstić information content (AvgIpc) is 3.41. The van der Waals surface area contributed by atoms with Crippen molar-refractivity contribution in [1.82, 2.24) is 19.1 Å². The van der Waals surface area contributed by atoms with Crippen LogP contribution in [0.5, 0.6) is 0 Å². The number of nitrogens with one attached hydrogen (secondary N) is 1. The predicted octanol–water partition coefficient (Wildman–Crippen LogP) is 2.70. The summed E-state index contributed by atoms with van der Waals surface area (Å²) in [6.07, 6.45) is 0.688. The van der Waals surface area contributed by atoms with Crippen LogP contribution < -0.4 is 16.6 Å². The van der Waals surface area contributed by atoms with Crippen LogP contribution >= 0.6 is 11.3 Å². The van der Waals surface area contributed by atoms with Crippen molar-refractivity contribution < 1.29 is 9.59 Å². The molecule has 0 radical (unpaired) electrons. The Labute approximate surface area is 202 Å². The zero-order chi connectivity index (χ0) is 24.1. The van der Waals surface area contributed by atoms with E-state index in [-0.39, 0.29) is 24.4 Å². The van der Waals surface area contributed by atoms with Gasteiger partial charge in [0.2, 0.25) is 11.8 Å². The molecule has 0 atom stereocenters. The molecule has 1 aliphatic heterocycles. The SMILES string of the molecule is NC(=O)Cc1csc(NC(=O)Cn2c3c(c4ccccc42)CCn2c-3nc3ccccc3c2=O)n1. The van der Waals surface area contributed by atoms with E-state index in [0.717, 1.165) is 22.2 Å². The third-order valence-corrected chi connectivity index (χ3v) is 7.00. The fraction of sp³-hybridized carbons (Fsp3) is 0.160. The van der Waals surface area contributed by atoms with Crippen molar-refractivity contribution in [1.29, 1.82) is 0 Å². The number of anilines is 1. The molecule has 0 saturated heterocycles. The summed E-state index contributed by atoms with van der Waals surface area (Å²) in [6, 6.07) is 15.2. The summed E-state index contributed by atoms with van der Waals surface area (Å²) in [5.74, 6) is -0.182. The van der Waals surface area contributed by atoms with Gasteiger partial charge in [0.05, 0.1) is 28.7 Å². The number of amides is 2. The molecule has 2 aromatic carbocycles. The molecule has 35 heavy (non-hydrogen) atoms. The molecular weight excluding hydrogens is 464 g/mol. The molecule has 4 heterocycles. The average molecular weight is 485 g/mol. The number of para-hydroxylation sites is 2. The smallest absolute Gasteiger partial charge is 0.261 e. The maximum absolute atomic E-state index is 13.2. The number of hydrogen-bond acceptors (Lipinski definition) is 6. The van der Waals surface area contributed by atoms with E-state index in [1.165, 1.54) is 11.3 Å². The van der Waals surface area contributed by atoms with Crippen LogP contribution in [0.4, 0.5) is 5.13 Å². The summed E-state index contributed by atoms with van der Waals surface area (Å²) < 4.78 is 3.62. The van der Waals surface area contributed by atoms with Crippen LogP contribution in [0.15, 0.2) is 58.7 Å². The number of aryl methyl sites for hydroxylation is 1. The van der Waals surface area contributed by atoms with Crippen molar-refractivity contribution in [2.75, 3.05) is 5.32 Å². The van der Waals surface area contributed by atoms with Gasteiger partial charge in [-0.2, -0.15) is 0 Å². The summed E-state index contributed by atoms with van der Waals surface area (Å²) in [5.41, 5.74) is 9.06. The molecule has 3 N–H and O–H groups in total. The van der Waals surface area contributed by atoms with Gasteiger partial charge in [0.1, 0.15) is 6.54 Å². The number of fused-ring (bicyclic) bond motifs is 6. The lowest BCUT2D eigenvalue weighted by molar-refractivity contribution is -0.117. The van der Waals surface area contributed by atoms with Gasteiger partial charge in [-0.25, -0.2) is 9.97 Å². The summed E-state index contributed by atoms with van der Waals surface area (Å²) >= 11 is 1.24. The quantitative estimate of drug-likeness (QED) is 0.397. The number of carbonyl (C=O) groups is 2. The number of hydrogen-bond donors (Lipinski definition) is 2. The fourth-order valence-corrected chi connectivity index (χ4v) is 5.48. The molecule has 174 valence electrons. The number of primary amides is 1. The number of rotatable bonds is 5. The molecule has 10 heteroatoms. The van der Waals surface area contributed by atoms with E-state index < -0.39 is 5.91 Å². The van der Waals surface area contributed by atoms with Gasteiger partial charge < -0.3 is 15.6 Å². The molecule has 6 rings (SSSR count). The van der Waals surface area contributed by atoms with E-state index in [9.17, 15) is 14.4 Å². The van der Waals surface area contributed by atoms with Crippen molar-refractivity contribution in [3.8, 4) is 11.5 Å². The molecule has 0 saturated carbocycles. The zero-order valence-corrected chi connectivity index (χ0v) is 19.3. The van der Waals surface area contributed by atoms with E-state index in [2.05, 4.69) is 10.3 Å². The second-order valence-electron chi connectivity index (χ2n) is 8.43. The van der Waals surface area contributed by atoms with Crippen LogP contribution in [-0.4, -0.2) is 30.9 Å². The lowest BCUT2D eigenvalue weighted by Gasteiger charge is -2.21. The van der Waals surface area contributed by atoms with Gasteiger partial charge in [-0.05, 0) is 30.2 Å². The first kappa shape index (κ1) is 21.2. The lowest BCUT2D eigenvalue weighted by atomic mass is 10.0. The Morgan fingerprint density at radius 3 is 2.66 bits per heavy atom. The van der Waals surface area contributed by atoms with Gasteiger partial charge in [-0.15, -0.1) is 11.3 Å². The zero-order valence-electron chi connectivity index (χ0n) is 18.5. The largest absolute Gasteiger partial charge is 0.369 e. The highest BCUT2D eigenvalue weighted by Gasteiger charge is 2.28. The van der Waals surface area contributed by atoms with Gasteiger partial charge in [0.15, 0.2) is 11.0 Å². The molecule has 2 amide bonds. The number of benzene rings is 2. The second-order valence-corrected chi connectivity index (χ2v) is 9.28. The van der Waals surface area contributed by atoms with Gasteiger partial charge in [-0.1, -0.05) is 30.3 Å². The third-order valence-electron chi connectivity index (χ3n) is 6.19. The van der Waals surface area contributed by atoms with E-state index in [1.54, 1.807) is 16.0 Å². The van der Waals surface area contributed by atoms with Crippen molar-refractivity contribution >= 4 is 50.1 Å². The van der Waals surface area contributed by atoms with E-state index in [0.29, 0.717) is 40.5 Å². The number of carbonyl (C=O) groups excluding carboxylic acids is 2. The van der Waals surface area contributed by atoms with Gasteiger partial charge in [0.25, 0.3) is 5.56 Å². The van der Waals surface area contributed by atoms with Crippen LogP contribution in [0.3, 0.4) is 0 Å². The molecule has 1 aliphatic rings. The maximum Gasteiger partial charge on any atom is 0.261 e. The molecule has 0 fully saturated rings. The molecule has 0 aliphatic carbocycles. The summed E-state index contributed by atoms with van der Waals surface area (Å²) in [5, 5.41) is 6.54. The minimum absolute atomic E-state index is 0.0171. The Morgan fingerprint density at radius 2 is 1.83 bits per heavy atom. The van der Waals surface area contributed by atoms with E-state index >= 15 is 0 Å². The first-order valence-corrected chi connectivity index (χ1v) is 12.0. The Hall–Kier alpha value is -4.31. The molecule has 0 spiro atoms. The summed E-state index contributed by atoms with van der Waals surface area (Å²) in [7, 11) is 0. The highest BCUT2D eigenvalue weighted by atomic mass is 32.1. The maximum atomic E-state index is 13.2. The second kappa shape index (κ2) is 8.17. The lowest BCUT2D eigenvalue weighted by Crippen LogP contribution is -2.29. The van der Waals surface area contributed by atoms with Crippen LogP contribution in [0.1, 0.15) is 11.3 Å². The highest BCUT2D eigenvalue weighted by molar-refractivity contribution is 7.13. The van der Waals surface area contributed by atoms with Gasteiger partial charge in [-0.3, -0.25) is 19.0 Å². The Bertz CT molecular complexity index is 1710. The van der Waals surface area contributed by atoms with Gasteiger partial charge >= 0.3 is 0 Å². The number of nitrogens with two attached hydrogens (primary N) is 1. The first-order chi connectivity index (χ1) is 17.0. The monoisotopic (exact) mass is 484 g/mol. The summed E-state index contributed by atoms with van der Waals surface area (Å²) in [4.78, 5) is 46.6. The van der Waals surface area contributed by atoms with E-state index in [1.807, 2.05) is 47.0 Å². The van der Waals surface area contributed by atoms with Crippen molar-refractivity contribution in [2.24, 2.45) is 5.73 Å². The predicted molar refractivity (Wildman–Crippen MR) is 134 cm³/mol. The minimum Gasteiger partial charge on any atom is -0.369 e. The molecule has 9 nitrogen and oxygen atoms in total. The van der Waals surface area contributed by atoms with Crippen LogP contribution in [0.25, 0.3) is 33.3 Å². The highest BCUT2D eigenvalue weighted by Crippen LogP contribution is 2.36. The van der Waals surface area contributed by atoms with Gasteiger partial charge in [0, 0.05) is 22.8 Å².